The topological polar surface area (TPSA) is 21.3 Å². The number of hydrogen-bond donors (Lipinski definition) is 1. The maximum Gasteiger partial charge on any atom is 0.0622 e. The lowest BCUT2D eigenvalue weighted by molar-refractivity contribution is 0.0860. The lowest BCUT2D eigenvalue weighted by Crippen LogP contribution is -2.40. The molecule has 0 aliphatic carbocycles. The first-order valence-corrected chi connectivity index (χ1v) is 3.04. The Morgan fingerprint density at radius 2 is 2.62 bits per heavy atom. The predicted molar refractivity (Wildman–Crippen MR) is 32.6 cm³/mol. The van der Waals surface area contributed by atoms with Crippen molar-refractivity contribution in [3.63, 3.8) is 0 Å². The van der Waals surface area contributed by atoms with Gasteiger partial charge in [0.1, 0.15) is 0 Å². The zero-order chi connectivity index (χ0) is 5.82. The van der Waals surface area contributed by atoms with E-state index in [9.17, 15) is 0 Å². The Morgan fingerprint density at radius 1 is 1.75 bits per heavy atom. The van der Waals surface area contributed by atoms with E-state index < -0.39 is 0 Å². The highest BCUT2D eigenvalue weighted by atomic mass is 16.5. The average Bonchev–Trinajstić information content (AvgIpc) is 1.90. The lowest BCUT2D eigenvalue weighted by atomic mass is 10.2. The van der Waals surface area contributed by atoms with E-state index >= 15 is 0 Å². The summed E-state index contributed by atoms with van der Waals surface area (Å²) in [5.74, 6) is 0. The summed E-state index contributed by atoms with van der Waals surface area (Å²) in [5, 5.41) is 3.29. The van der Waals surface area contributed by atoms with E-state index in [1.165, 1.54) is 0 Å². The molecule has 0 aromatic heterocycles. The fourth-order valence-electron chi connectivity index (χ4n) is 0.800. The molecular weight excluding hydrogens is 102 g/mol. The van der Waals surface area contributed by atoms with Crippen molar-refractivity contribution < 1.29 is 4.74 Å². The molecule has 1 saturated heterocycles. The van der Waals surface area contributed by atoms with Crippen LogP contribution in [0.3, 0.4) is 0 Å². The molecule has 0 bridgehead atoms. The molecule has 0 aromatic carbocycles. The Kier molecular flexibility index (Phi) is 2.30. The normalized spacial score (nSPS) is 30.4. The quantitative estimate of drug-likeness (QED) is 0.525. The highest BCUT2D eigenvalue weighted by Crippen LogP contribution is 1.94. The summed E-state index contributed by atoms with van der Waals surface area (Å²) in [6, 6.07) is 0.490. The summed E-state index contributed by atoms with van der Waals surface area (Å²) in [7, 11) is 0. The van der Waals surface area contributed by atoms with Crippen LogP contribution in [-0.4, -0.2) is 25.8 Å². The Morgan fingerprint density at radius 3 is 3.00 bits per heavy atom. The van der Waals surface area contributed by atoms with Gasteiger partial charge in [0, 0.05) is 12.6 Å². The third-order valence-electron chi connectivity index (χ3n) is 1.35. The molecule has 0 amide bonds. The van der Waals surface area contributed by atoms with E-state index in [0.29, 0.717) is 6.04 Å². The zero-order valence-electron chi connectivity index (χ0n) is 5.18. The molecule has 8 heavy (non-hydrogen) atoms. The van der Waals surface area contributed by atoms with Gasteiger partial charge in [0.05, 0.1) is 13.2 Å². The van der Waals surface area contributed by atoms with Crippen LogP contribution in [-0.2, 0) is 4.74 Å². The van der Waals surface area contributed by atoms with Crippen molar-refractivity contribution in [1.82, 2.24) is 5.32 Å². The summed E-state index contributed by atoms with van der Waals surface area (Å²) < 4.78 is 5.18. The summed E-state index contributed by atoms with van der Waals surface area (Å²) in [6.45, 7) is 4.75. The zero-order valence-corrected chi connectivity index (χ0v) is 5.18. The maximum absolute atomic E-state index is 5.18. The van der Waals surface area contributed by atoms with E-state index in [-0.39, 0.29) is 0 Å². The van der Waals surface area contributed by atoms with Crippen LogP contribution in [0.25, 0.3) is 0 Å². The maximum atomic E-state index is 5.18. The first kappa shape index (κ1) is 6.05. The standard InChI is InChI=1S/C6H12NO/c1-2-6-5-8-4-3-7-6/h2,6-7H,3-5H2,1H3. The summed E-state index contributed by atoms with van der Waals surface area (Å²) >= 11 is 0. The molecule has 1 fully saturated rings. The number of nitrogens with one attached hydrogen (secondary N) is 1. The van der Waals surface area contributed by atoms with E-state index in [1.54, 1.807) is 0 Å². The number of rotatable bonds is 1. The summed E-state index contributed by atoms with van der Waals surface area (Å²) in [5.41, 5.74) is 0. The first-order chi connectivity index (χ1) is 3.93. The molecule has 1 atom stereocenters. The average molecular weight is 114 g/mol. The van der Waals surface area contributed by atoms with Gasteiger partial charge >= 0.3 is 0 Å². The fraction of sp³-hybridized carbons (Fsp3) is 0.833. The molecule has 0 aromatic rings. The second-order valence-electron chi connectivity index (χ2n) is 1.97. The van der Waals surface area contributed by atoms with Crippen molar-refractivity contribution in [2.45, 2.75) is 13.0 Å². The largest absolute Gasteiger partial charge is 0.379 e. The smallest absolute Gasteiger partial charge is 0.0622 e. The van der Waals surface area contributed by atoms with Gasteiger partial charge in [-0.15, -0.1) is 0 Å². The van der Waals surface area contributed by atoms with Crippen LogP contribution in [0.1, 0.15) is 6.92 Å². The van der Waals surface area contributed by atoms with E-state index in [2.05, 4.69) is 11.7 Å². The van der Waals surface area contributed by atoms with Gasteiger partial charge in [-0.1, -0.05) is 6.92 Å². The predicted octanol–water partition coefficient (Wildman–Crippen LogP) is 0.199. The minimum absolute atomic E-state index is 0.490. The highest BCUT2D eigenvalue weighted by molar-refractivity contribution is 4.80. The van der Waals surface area contributed by atoms with Crippen LogP contribution >= 0.6 is 0 Å². The minimum Gasteiger partial charge on any atom is -0.379 e. The second-order valence-corrected chi connectivity index (χ2v) is 1.97. The van der Waals surface area contributed by atoms with Gasteiger partial charge in [-0.2, -0.15) is 0 Å². The molecule has 47 valence electrons. The Labute approximate surface area is 50.2 Å². The molecule has 2 heteroatoms. The molecular formula is C6H12NO. The Balaban J connectivity index is 2.13. The number of ether oxygens (including phenoxy) is 1. The van der Waals surface area contributed by atoms with Gasteiger partial charge in [0.15, 0.2) is 0 Å². The second kappa shape index (κ2) is 3.05. The van der Waals surface area contributed by atoms with Crippen molar-refractivity contribution in [2.75, 3.05) is 19.8 Å². The third-order valence-corrected chi connectivity index (χ3v) is 1.35. The summed E-state index contributed by atoms with van der Waals surface area (Å²) in [4.78, 5) is 0. The number of hydrogen-bond acceptors (Lipinski definition) is 2. The van der Waals surface area contributed by atoms with E-state index in [4.69, 9.17) is 4.74 Å². The molecule has 0 spiro atoms. The van der Waals surface area contributed by atoms with Gasteiger partial charge in [0.25, 0.3) is 0 Å². The van der Waals surface area contributed by atoms with Gasteiger partial charge in [0.2, 0.25) is 0 Å². The van der Waals surface area contributed by atoms with Crippen LogP contribution in [0, 0.1) is 6.42 Å². The van der Waals surface area contributed by atoms with Gasteiger partial charge in [-0.25, -0.2) is 0 Å². The minimum atomic E-state index is 0.490. The molecule has 1 radical (unpaired) electrons. The fourth-order valence-corrected chi connectivity index (χ4v) is 0.800. The van der Waals surface area contributed by atoms with Crippen molar-refractivity contribution in [3.05, 3.63) is 6.42 Å². The van der Waals surface area contributed by atoms with E-state index in [0.717, 1.165) is 19.8 Å². The Hall–Kier alpha value is -0.0800. The molecule has 1 unspecified atom stereocenters. The van der Waals surface area contributed by atoms with Crippen molar-refractivity contribution in [1.29, 1.82) is 0 Å². The van der Waals surface area contributed by atoms with Gasteiger partial charge in [-0.3, -0.25) is 0 Å². The Bertz CT molecular complexity index is 59.5. The van der Waals surface area contributed by atoms with Crippen molar-refractivity contribution >= 4 is 0 Å². The third kappa shape index (κ3) is 1.46. The van der Waals surface area contributed by atoms with Crippen LogP contribution in [0.5, 0.6) is 0 Å². The molecule has 1 heterocycles. The monoisotopic (exact) mass is 114 g/mol. The van der Waals surface area contributed by atoms with Crippen molar-refractivity contribution in [2.24, 2.45) is 0 Å². The molecule has 2 nitrogen and oxygen atoms in total. The SMILES string of the molecule is C[CH]C1COCCN1. The molecule has 1 N–H and O–H groups in total. The molecule has 1 rings (SSSR count). The van der Waals surface area contributed by atoms with Crippen LogP contribution in [0.4, 0.5) is 0 Å². The number of morpholine rings is 1. The van der Waals surface area contributed by atoms with Gasteiger partial charge in [-0.05, 0) is 6.42 Å². The van der Waals surface area contributed by atoms with Crippen LogP contribution in [0.2, 0.25) is 0 Å². The van der Waals surface area contributed by atoms with Crippen molar-refractivity contribution in [3.8, 4) is 0 Å². The molecule has 1 aliphatic rings. The van der Waals surface area contributed by atoms with E-state index in [1.807, 2.05) is 6.92 Å². The highest BCUT2D eigenvalue weighted by Gasteiger charge is 2.08. The van der Waals surface area contributed by atoms with Crippen LogP contribution in [0.15, 0.2) is 0 Å². The molecule has 1 aliphatic heterocycles. The summed E-state index contributed by atoms with van der Waals surface area (Å²) in [6.07, 6.45) is 2.12. The van der Waals surface area contributed by atoms with Gasteiger partial charge < -0.3 is 10.1 Å². The van der Waals surface area contributed by atoms with Crippen LogP contribution < -0.4 is 5.32 Å². The lowest BCUT2D eigenvalue weighted by Gasteiger charge is -2.21. The first-order valence-electron chi connectivity index (χ1n) is 3.04. The molecule has 0 saturated carbocycles.